The number of carbonyl (C=O) groups excluding carboxylic acids is 1. The Hall–Kier alpha value is -2.09. The minimum atomic E-state index is 0.0312. The van der Waals surface area contributed by atoms with Gasteiger partial charge in [0.2, 0.25) is 5.91 Å². The number of rotatable bonds is 17. The fourth-order valence-corrected chi connectivity index (χ4v) is 4.29. The summed E-state index contributed by atoms with van der Waals surface area (Å²) in [6, 6.07) is 19.0. The highest BCUT2D eigenvalue weighted by Gasteiger charge is 2.15. The van der Waals surface area contributed by atoms with Crippen molar-refractivity contribution in [2.45, 2.75) is 110 Å². The van der Waals surface area contributed by atoms with Crippen LogP contribution in [0.3, 0.4) is 0 Å². The van der Waals surface area contributed by atoms with Gasteiger partial charge in [0.1, 0.15) is 0 Å². The lowest BCUT2D eigenvalue weighted by Crippen LogP contribution is -2.29. The van der Waals surface area contributed by atoms with Crippen LogP contribution in [0.2, 0.25) is 0 Å². The molecule has 0 radical (unpaired) electrons. The molecule has 0 aromatic heterocycles. The van der Waals surface area contributed by atoms with Crippen molar-refractivity contribution in [1.82, 2.24) is 5.32 Å². The van der Waals surface area contributed by atoms with Crippen molar-refractivity contribution in [1.29, 1.82) is 0 Å². The highest BCUT2D eigenvalue weighted by atomic mass is 16.1. The summed E-state index contributed by atoms with van der Waals surface area (Å²) < 4.78 is 0. The Kier molecular flexibility index (Phi) is 13.5. The number of benzene rings is 2. The normalized spacial score (nSPS) is 11.9. The van der Waals surface area contributed by atoms with Crippen molar-refractivity contribution in [3.05, 3.63) is 71.3 Å². The lowest BCUT2D eigenvalue weighted by atomic mass is 9.98. The number of amides is 1. The van der Waals surface area contributed by atoms with Crippen molar-refractivity contribution in [2.75, 3.05) is 0 Å². The van der Waals surface area contributed by atoms with Gasteiger partial charge < -0.3 is 5.32 Å². The van der Waals surface area contributed by atoms with Crippen LogP contribution in [0.1, 0.15) is 113 Å². The minimum Gasteiger partial charge on any atom is -0.349 e. The second kappa shape index (κ2) is 16.5. The summed E-state index contributed by atoms with van der Waals surface area (Å²) in [4.78, 5) is 12.6. The largest absolute Gasteiger partial charge is 0.349 e. The monoisotopic (exact) mass is 435 g/mol. The second-order valence-electron chi connectivity index (χ2n) is 9.36. The second-order valence-corrected chi connectivity index (χ2v) is 9.36. The summed E-state index contributed by atoms with van der Waals surface area (Å²) in [7, 11) is 0. The molecule has 0 saturated carbocycles. The van der Waals surface area contributed by atoms with Gasteiger partial charge in [0.05, 0.1) is 6.04 Å². The third-order valence-electron chi connectivity index (χ3n) is 6.35. The van der Waals surface area contributed by atoms with E-state index in [1.54, 1.807) is 0 Å². The van der Waals surface area contributed by atoms with Crippen molar-refractivity contribution in [3.8, 4) is 0 Å². The number of unbranched alkanes of at least 4 members (excludes halogenated alkanes) is 11. The van der Waals surface area contributed by atoms with E-state index in [2.05, 4.69) is 67.7 Å². The maximum atomic E-state index is 12.6. The number of aryl methyl sites for hydroxylation is 1. The summed E-state index contributed by atoms with van der Waals surface area (Å²) in [5.74, 6) is 0.179. The molecule has 1 atom stereocenters. The van der Waals surface area contributed by atoms with Gasteiger partial charge >= 0.3 is 0 Å². The molecule has 0 aliphatic heterocycles. The van der Waals surface area contributed by atoms with E-state index in [0.29, 0.717) is 6.42 Å². The smallest absolute Gasteiger partial charge is 0.220 e. The maximum Gasteiger partial charge on any atom is 0.220 e. The molecule has 2 heteroatoms. The lowest BCUT2D eigenvalue weighted by Gasteiger charge is -2.20. The molecule has 0 spiro atoms. The van der Waals surface area contributed by atoms with Gasteiger partial charge in [-0.25, -0.2) is 0 Å². The van der Waals surface area contributed by atoms with E-state index in [4.69, 9.17) is 0 Å². The first-order chi connectivity index (χ1) is 15.7. The summed E-state index contributed by atoms with van der Waals surface area (Å²) in [6.07, 6.45) is 17.3. The van der Waals surface area contributed by atoms with Crippen LogP contribution in [0.5, 0.6) is 0 Å². The lowest BCUT2D eigenvalue weighted by molar-refractivity contribution is -0.122. The molecule has 2 rings (SSSR count). The predicted octanol–water partition coefficient (Wildman–Crippen LogP) is 8.49. The SMILES string of the molecule is CCCCCCCCCCCCCCC(=O)NC(Cc1ccc(C)cc1)c1ccccc1. The van der Waals surface area contributed by atoms with E-state index in [9.17, 15) is 4.79 Å². The van der Waals surface area contributed by atoms with Crippen molar-refractivity contribution in [3.63, 3.8) is 0 Å². The Morgan fingerprint density at radius 3 is 1.81 bits per heavy atom. The van der Waals surface area contributed by atoms with E-state index in [1.807, 2.05) is 6.07 Å². The molecule has 1 N–H and O–H groups in total. The molecule has 1 unspecified atom stereocenters. The fraction of sp³-hybridized carbons (Fsp3) is 0.567. The van der Waals surface area contributed by atoms with Gasteiger partial charge in [-0.15, -0.1) is 0 Å². The average molecular weight is 436 g/mol. The molecule has 2 nitrogen and oxygen atoms in total. The molecule has 0 saturated heterocycles. The average Bonchev–Trinajstić information content (AvgIpc) is 2.81. The zero-order chi connectivity index (χ0) is 22.9. The highest BCUT2D eigenvalue weighted by molar-refractivity contribution is 5.76. The van der Waals surface area contributed by atoms with Gasteiger partial charge in [0, 0.05) is 6.42 Å². The van der Waals surface area contributed by atoms with E-state index in [-0.39, 0.29) is 11.9 Å². The molecule has 0 aliphatic rings. The Morgan fingerprint density at radius 1 is 0.719 bits per heavy atom. The topological polar surface area (TPSA) is 29.1 Å². The van der Waals surface area contributed by atoms with E-state index in [0.717, 1.165) is 19.3 Å². The van der Waals surface area contributed by atoms with Crippen LogP contribution in [0, 0.1) is 6.92 Å². The Labute approximate surface area is 197 Å². The summed E-state index contributed by atoms with van der Waals surface area (Å²) >= 11 is 0. The van der Waals surface area contributed by atoms with Crippen LogP contribution in [0.4, 0.5) is 0 Å². The van der Waals surface area contributed by atoms with Crippen molar-refractivity contribution < 1.29 is 4.79 Å². The van der Waals surface area contributed by atoms with Crippen LogP contribution in [-0.2, 0) is 11.2 Å². The van der Waals surface area contributed by atoms with E-state index >= 15 is 0 Å². The molecule has 176 valence electrons. The van der Waals surface area contributed by atoms with Crippen molar-refractivity contribution in [2.24, 2.45) is 0 Å². The third kappa shape index (κ3) is 11.5. The number of carbonyl (C=O) groups is 1. The van der Waals surface area contributed by atoms with Gasteiger partial charge in [-0.05, 0) is 30.9 Å². The van der Waals surface area contributed by atoms with Crippen LogP contribution >= 0.6 is 0 Å². The third-order valence-corrected chi connectivity index (χ3v) is 6.35. The van der Waals surface area contributed by atoms with E-state index < -0.39 is 0 Å². The molecule has 0 aliphatic carbocycles. The van der Waals surface area contributed by atoms with Gasteiger partial charge in [-0.2, -0.15) is 0 Å². The Balaban J connectivity index is 1.63. The fourth-order valence-electron chi connectivity index (χ4n) is 4.29. The summed E-state index contributed by atoms with van der Waals surface area (Å²) in [5.41, 5.74) is 3.70. The summed E-state index contributed by atoms with van der Waals surface area (Å²) in [5, 5.41) is 3.30. The zero-order valence-corrected chi connectivity index (χ0v) is 20.6. The molecule has 32 heavy (non-hydrogen) atoms. The van der Waals surface area contributed by atoms with Gasteiger partial charge in [-0.1, -0.05) is 138 Å². The van der Waals surface area contributed by atoms with Gasteiger partial charge in [0.25, 0.3) is 0 Å². The predicted molar refractivity (Wildman–Crippen MR) is 138 cm³/mol. The first-order valence-corrected chi connectivity index (χ1v) is 13.1. The summed E-state index contributed by atoms with van der Waals surface area (Å²) in [6.45, 7) is 4.38. The minimum absolute atomic E-state index is 0.0312. The van der Waals surface area contributed by atoms with Crippen molar-refractivity contribution >= 4 is 5.91 Å². The maximum absolute atomic E-state index is 12.6. The molecule has 2 aromatic carbocycles. The standard InChI is InChI=1S/C30H45NO/c1-3-4-5-6-7-8-9-10-11-12-13-17-20-30(32)31-29(28-18-15-14-16-19-28)25-27-23-21-26(2)22-24-27/h14-16,18-19,21-24,29H,3-13,17,20,25H2,1-2H3,(H,31,32). The molecular formula is C30H45NO. The van der Waals surface area contributed by atoms with E-state index in [1.165, 1.54) is 80.9 Å². The molecule has 1 amide bonds. The molecule has 0 bridgehead atoms. The number of hydrogen-bond donors (Lipinski definition) is 1. The molecule has 2 aromatic rings. The number of nitrogens with one attached hydrogen (secondary N) is 1. The quantitative estimate of drug-likeness (QED) is 0.248. The van der Waals surface area contributed by atoms with Gasteiger partial charge in [-0.3, -0.25) is 4.79 Å². The molecular weight excluding hydrogens is 390 g/mol. The first-order valence-electron chi connectivity index (χ1n) is 13.1. The van der Waals surface area contributed by atoms with Crippen LogP contribution in [0.15, 0.2) is 54.6 Å². The Morgan fingerprint density at radius 2 is 1.25 bits per heavy atom. The number of hydrogen-bond acceptors (Lipinski definition) is 1. The molecule has 0 heterocycles. The first kappa shape index (κ1) is 26.2. The van der Waals surface area contributed by atoms with Crippen LogP contribution < -0.4 is 5.32 Å². The molecule has 0 fully saturated rings. The van der Waals surface area contributed by atoms with Crippen LogP contribution in [0.25, 0.3) is 0 Å². The van der Waals surface area contributed by atoms with Gasteiger partial charge in [0.15, 0.2) is 0 Å². The van der Waals surface area contributed by atoms with Crippen LogP contribution in [-0.4, -0.2) is 5.91 Å². The highest BCUT2D eigenvalue weighted by Crippen LogP contribution is 2.20. The zero-order valence-electron chi connectivity index (χ0n) is 20.6. The Bertz CT molecular complexity index is 722.